The van der Waals surface area contributed by atoms with Crippen LogP contribution in [0.3, 0.4) is 0 Å². The van der Waals surface area contributed by atoms with Crippen LogP contribution in [0.25, 0.3) is 0 Å². The molecular formula is C13H12N4. The highest BCUT2D eigenvalue weighted by atomic mass is 15.2. The average Bonchev–Trinajstić information content (AvgIpc) is 2.41. The van der Waals surface area contributed by atoms with E-state index in [0.29, 0.717) is 11.4 Å². The average molecular weight is 224 g/mol. The number of nitriles is 1. The molecule has 0 radical (unpaired) electrons. The zero-order valence-corrected chi connectivity index (χ0v) is 9.54. The van der Waals surface area contributed by atoms with Crippen LogP contribution in [0.2, 0.25) is 0 Å². The maximum absolute atomic E-state index is 9.05. The van der Waals surface area contributed by atoms with Crippen molar-refractivity contribution in [3.05, 3.63) is 48.4 Å². The lowest BCUT2D eigenvalue weighted by molar-refractivity contribution is 0.970. The monoisotopic (exact) mass is 224 g/mol. The van der Waals surface area contributed by atoms with Gasteiger partial charge in [0.25, 0.3) is 0 Å². The van der Waals surface area contributed by atoms with E-state index in [1.807, 2.05) is 42.2 Å². The van der Waals surface area contributed by atoms with Crippen molar-refractivity contribution in [2.75, 3.05) is 11.4 Å². The first-order valence-corrected chi connectivity index (χ1v) is 5.39. The molecule has 0 N–H and O–H groups in total. The van der Waals surface area contributed by atoms with Crippen LogP contribution in [0.1, 0.15) is 12.5 Å². The van der Waals surface area contributed by atoms with Gasteiger partial charge < -0.3 is 4.90 Å². The Labute approximate surface area is 100 Å². The number of para-hydroxylation sites is 1. The summed E-state index contributed by atoms with van der Waals surface area (Å²) in [5, 5.41) is 9.05. The first-order valence-electron chi connectivity index (χ1n) is 5.39. The molecule has 4 nitrogen and oxygen atoms in total. The van der Waals surface area contributed by atoms with Gasteiger partial charge in [0.15, 0.2) is 5.82 Å². The van der Waals surface area contributed by atoms with E-state index in [0.717, 1.165) is 12.2 Å². The van der Waals surface area contributed by atoms with E-state index in [-0.39, 0.29) is 0 Å². The van der Waals surface area contributed by atoms with E-state index in [4.69, 9.17) is 5.26 Å². The summed E-state index contributed by atoms with van der Waals surface area (Å²) in [6.45, 7) is 2.77. The van der Waals surface area contributed by atoms with E-state index in [1.165, 1.54) is 12.5 Å². The lowest BCUT2D eigenvalue weighted by atomic mass is 10.2. The van der Waals surface area contributed by atoms with Crippen molar-refractivity contribution in [2.24, 2.45) is 0 Å². The second-order valence-corrected chi connectivity index (χ2v) is 3.45. The smallest absolute Gasteiger partial charge is 0.154 e. The van der Waals surface area contributed by atoms with E-state index in [1.54, 1.807) is 0 Å². The third-order valence-corrected chi connectivity index (χ3v) is 2.45. The minimum Gasteiger partial charge on any atom is -0.325 e. The minimum atomic E-state index is 0.484. The molecule has 0 aliphatic rings. The van der Waals surface area contributed by atoms with Crippen LogP contribution in [-0.4, -0.2) is 16.5 Å². The Bertz CT molecular complexity index is 531. The molecule has 0 saturated carbocycles. The Morgan fingerprint density at radius 2 is 2.06 bits per heavy atom. The van der Waals surface area contributed by atoms with Gasteiger partial charge in [-0.05, 0) is 19.1 Å². The molecule has 0 aliphatic heterocycles. The number of anilines is 2. The van der Waals surface area contributed by atoms with Gasteiger partial charge in [-0.25, -0.2) is 9.97 Å². The molecule has 2 rings (SSSR count). The fourth-order valence-corrected chi connectivity index (χ4v) is 1.68. The Morgan fingerprint density at radius 3 is 2.71 bits per heavy atom. The normalized spacial score (nSPS) is 9.65. The van der Waals surface area contributed by atoms with E-state index >= 15 is 0 Å². The molecule has 0 saturated heterocycles. The lowest BCUT2D eigenvalue weighted by Gasteiger charge is -2.22. The van der Waals surface area contributed by atoms with Gasteiger partial charge in [-0.15, -0.1) is 0 Å². The molecule has 2 aromatic rings. The second-order valence-electron chi connectivity index (χ2n) is 3.45. The quantitative estimate of drug-likeness (QED) is 0.803. The first kappa shape index (κ1) is 11.1. The molecule has 0 spiro atoms. The van der Waals surface area contributed by atoms with Crippen molar-refractivity contribution in [3.63, 3.8) is 0 Å². The van der Waals surface area contributed by atoms with E-state index < -0.39 is 0 Å². The number of benzene rings is 1. The zero-order valence-electron chi connectivity index (χ0n) is 9.54. The maximum atomic E-state index is 9.05. The number of nitrogens with zero attached hydrogens (tertiary/aromatic N) is 4. The molecule has 1 heterocycles. The maximum Gasteiger partial charge on any atom is 0.154 e. The summed E-state index contributed by atoms with van der Waals surface area (Å²) < 4.78 is 0. The van der Waals surface area contributed by atoms with Crippen LogP contribution in [-0.2, 0) is 0 Å². The van der Waals surface area contributed by atoms with Crippen molar-refractivity contribution in [1.82, 2.24) is 9.97 Å². The van der Waals surface area contributed by atoms with Gasteiger partial charge in [-0.3, -0.25) is 0 Å². The molecule has 4 heteroatoms. The van der Waals surface area contributed by atoms with Gasteiger partial charge >= 0.3 is 0 Å². The van der Waals surface area contributed by atoms with E-state index in [2.05, 4.69) is 16.0 Å². The molecule has 0 bridgehead atoms. The summed E-state index contributed by atoms with van der Waals surface area (Å²) in [5.41, 5.74) is 1.50. The summed E-state index contributed by atoms with van der Waals surface area (Å²) in [6, 6.07) is 12.0. The summed E-state index contributed by atoms with van der Waals surface area (Å²) >= 11 is 0. The number of rotatable bonds is 3. The van der Waals surface area contributed by atoms with Gasteiger partial charge in [0.2, 0.25) is 0 Å². The fraction of sp³-hybridized carbons (Fsp3) is 0.154. The van der Waals surface area contributed by atoms with Crippen LogP contribution < -0.4 is 4.90 Å². The number of aromatic nitrogens is 2. The molecule has 1 aromatic heterocycles. The second kappa shape index (κ2) is 5.08. The summed E-state index contributed by atoms with van der Waals surface area (Å²) in [5.74, 6) is 0.649. The molecular weight excluding hydrogens is 212 g/mol. The van der Waals surface area contributed by atoms with Crippen molar-refractivity contribution < 1.29 is 0 Å². The topological polar surface area (TPSA) is 52.8 Å². The Morgan fingerprint density at radius 1 is 1.29 bits per heavy atom. The van der Waals surface area contributed by atoms with Crippen LogP contribution in [0.4, 0.5) is 11.5 Å². The Hall–Kier alpha value is -2.41. The lowest BCUT2D eigenvalue weighted by Crippen LogP contribution is -2.18. The molecule has 17 heavy (non-hydrogen) atoms. The highest BCUT2D eigenvalue weighted by Crippen LogP contribution is 2.24. The Balaban J connectivity index is 2.47. The molecule has 0 aliphatic carbocycles. The first-order chi connectivity index (χ1) is 8.36. The molecule has 0 unspecified atom stereocenters. The predicted octanol–water partition coefficient (Wildman–Crippen LogP) is 2.51. The van der Waals surface area contributed by atoms with Gasteiger partial charge in [-0.1, -0.05) is 18.2 Å². The van der Waals surface area contributed by atoms with Gasteiger partial charge in [0, 0.05) is 12.2 Å². The third-order valence-electron chi connectivity index (χ3n) is 2.45. The fourth-order valence-electron chi connectivity index (χ4n) is 1.68. The Kier molecular flexibility index (Phi) is 3.31. The highest BCUT2D eigenvalue weighted by Gasteiger charge is 2.12. The van der Waals surface area contributed by atoms with Crippen molar-refractivity contribution in [3.8, 4) is 6.07 Å². The van der Waals surface area contributed by atoms with Crippen LogP contribution >= 0.6 is 0 Å². The largest absolute Gasteiger partial charge is 0.325 e. The van der Waals surface area contributed by atoms with Crippen LogP contribution in [0.15, 0.2) is 42.9 Å². The SMILES string of the molecule is CCN(c1ccccc1)c1ncncc1C#N. The zero-order chi connectivity index (χ0) is 12.1. The summed E-state index contributed by atoms with van der Waals surface area (Å²) in [6.07, 6.45) is 3.00. The van der Waals surface area contributed by atoms with Gasteiger partial charge in [0.1, 0.15) is 18.0 Å². The van der Waals surface area contributed by atoms with Crippen molar-refractivity contribution in [2.45, 2.75) is 6.92 Å². The number of hydrogen-bond donors (Lipinski definition) is 0. The van der Waals surface area contributed by atoms with Crippen LogP contribution in [0, 0.1) is 11.3 Å². The summed E-state index contributed by atoms with van der Waals surface area (Å²) in [7, 11) is 0. The van der Waals surface area contributed by atoms with Gasteiger partial charge in [-0.2, -0.15) is 5.26 Å². The van der Waals surface area contributed by atoms with Crippen LogP contribution in [0.5, 0.6) is 0 Å². The molecule has 0 atom stereocenters. The van der Waals surface area contributed by atoms with Gasteiger partial charge in [0.05, 0.1) is 6.20 Å². The third kappa shape index (κ3) is 2.23. The molecule has 84 valence electrons. The van der Waals surface area contributed by atoms with Crippen molar-refractivity contribution in [1.29, 1.82) is 5.26 Å². The molecule has 1 aromatic carbocycles. The van der Waals surface area contributed by atoms with E-state index in [9.17, 15) is 0 Å². The molecule has 0 amide bonds. The highest BCUT2D eigenvalue weighted by molar-refractivity contribution is 5.64. The summed E-state index contributed by atoms with van der Waals surface area (Å²) in [4.78, 5) is 10.0. The predicted molar refractivity (Wildman–Crippen MR) is 65.9 cm³/mol. The standard InChI is InChI=1S/C13H12N4/c1-2-17(12-6-4-3-5-7-12)13-11(8-14)9-15-10-16-13/h3-7,9-10H,2H2,1H3. The molecule has 0 fully saturated rings. The van der Waals surface area contributed by atoms with Crippen molar-refractivity contribution >= 4 is 11.5 Å². The number of hydrogen-bond acceptors (Lipinski definition) is 4. The minimum absolute atomic E-state index is 0.484.